The van der Waals surface area contributed by atoms with Crippen molar-refractivity contribution in [3.05, 3.63) is 58.1 Å². The third-order valence-electron chi connectivity index (χ3n) is 4.83. The van der Waals surface area contributed by atoms with E-state index >= 15 is 0 Å². The van der Waals surface area contributed by atoms with E-state index in [4.69, 9.17) is 5.84 Å². The van der Waals surface area contributed by atoms with Gasteiger partial charge in [-0.2, -0.15) is 8.78 Å². The fourth-order valence-corrected chi connectivity index (χ4v) is 4.53. The van der Waals surface area contributed by atoms with E-state index < -0.39 is 6.61 Å². The average Bonchev–Trinajstić information content (AvgIpc) is 3.01. The molecule has 0 saturated heterocycles. The van der Waals surface area contributed by atoms with Gasteiger partial charge in [-0.15, -0.1) is 10.2 Å². The summed E-state index contributed by atoms with van der Waals surface area (Å²) in [4.78, 5) is 12.0. The molecular weight excluding hydrogens is 410 g/mol. The highest BCUT2D eigenvalue weighted by Gasteiger charge is 2.17. The molecule has 0 aliphatic rings. The van der Waals surface area contributed by atoms with Crippen molar-refractivity contribution in [1.29, 1.82) is 0 Å². The minimum absolute atomic E-state index is 0.0415. The topological polar surface area (TPSA) is 83.0 Å². The molecule has 2 N–H and O–H groups in total. The molecule has 158 valence electrons. The van der Waals surface area contributed by atoms with E-state index in [1.807, 2.05) is 26.8 Å². The summed E-state index contributed by atoms with van der Waals surface area (Å²) in [5.41, 5.74) is 5.46. The smallest absolute Gasteiger partial charge is 0.387 e. The third kappa shape index (κ3) is 4.46. The quantitative estimate of drug-likeness (QED) is 0.332. The number of nitrogens with two attached hydrogens (primary N) is 1. The molecule has 0 atom stereocenters. The molecule has 0 bridgehead atoms. The molecular formula is C21H22F2N4O2S. The zero-order valence-electron chi connectivity index (χ0n) is 17.1. The fourth-order valence-electron chi connectivity index (χ4n) is 3.48. The highest BCUT2D eigenvalue weighted by atomic mass is 32.2. The average molecular weight is 432 g/mol. The van der Waals surface area contributed by atoms with Gasteiger partial charge < -0.3 is 10.6 Å². The SMILES string of the molecule is CC(=O)c1c(C)cc(C)c(CSc2nnc(-c3ccc(OC(F)F)cc3)n2N)c1C. The van der Waals surface area contributed by atoms with E-state index in [2.05, 4.69) is 14.9 Å². The molecule has 0 amide bonds. The highest BCUT2D eigenvalue weighted by molar-refractivity contribution is 7.98. The molecule has 0 aliphatic heterocycles. The summed E-state index contributed by atoms with van der Waals surface area (Å²) in [6.07, 6.45) is 0. The van der Waals surface area contributed by atoms with E-state index in [0.717, 1.165) is 27.8 Å². The van der Waals surface area contributed by atoms with Crippen LogP contribution in [0.15, 0.2) is 35.5 Å². The number of carbonyl (C=O) groups is 1. The van der Waals surface area contributed by atoms with Crippen LogP contribution in [0.25, 0.3) is 11.4 Å². The highest BCUT2D eigenvalue weighted by Crippen LogP contribution is 2.30. The third-order valence-corrected chi connectivity index (χ3v) is 5.80. The minimum atomic E-state index is -2.88. The number of ketones is 1. The Morgan fingerprint density at radius 3 is 2.43 bits per heavy atom. The fraction of sp³-hybridized carbons (Fsp3) is 0.286. The normalized spacial score (nSPS) is 11.2. The lowest BCUT2D eigenvalue weighted by atomic mass is 9.92. The van der Waals surface area contributed by atoms with E-state index in [9.17, 15) is 13.6 Å². The second kappa shape index (κ2) is 8.83. The number of carbonyl (C=O) groups excluding carboxylic acids is 1. The molecule has 0 saturated carbocycles. The molecule has 0 radical (unpaired) electrons. The zero-order valence-corrected chi connectivity index (χ0v) is 17.9. The first-order valence-corrected chi connectivity index (χ1v) is 10.2. The predicted octanol–water partition coefficient (Wildman–Crippen LogP) is 4.68. The lowest BCUT2D eigenvalue weighted by molar-refractivity contribution is -0.0498. The largest absolute Gasteiger partial charge is 0.435 e. The molecule has 3 rings (SSSR count). The van der Waals surface area contributed by atoms with Gasteiger partial charge in [0.05, 0.1) is 0 Å². The second-order valence-corrected chi connectivity index (χ2v) is 7.86. The summed E-state index contributed by atoms with van der Waals surface area (Å²) in [5.74, 6) is 7.24. The summed E-state index contributed by atoms with van der Waals surface area (Å²) >= 11 is 1.41. The minimum Gasteiger partial charge on any atom is -0.435 e. The number of nitrogens with zero attached hydrogens (tertiary/aromatic N) is 3. The number of halogens is 2. The van der Waals surface area contributed by atoms with Gasteiger partial charge >= 0.3 is 6.61 Å². The summed E-state index contributed by atoms with van der Waals surface area (Å²) in [7, 11) is 0. The Morgan fingerprint density at radius 2 is 1.83 bits per heavy atom. The number of Topliss-reactive ketones (excluding diaryl/α,β-unsaturated/α-hetero) is 1. The van der Waals surface area contributed by atoms with Crippen LogP contribution in [0, 0.1) is 20.8 Å². The molecule has 1 heterocycles. The number of alkyl halides is 2. The molecule has 6 nitrogen and oxygen atoms in total. The van der Waals surface area contributed by atoms with Crippen LogP contribution in [-0.2, 0) is 5.75 Å². The van der Waals surface area contributed by atoms with Crippen LogP contribution >= 0.6 is 11.8 Å². The van der Waals surface area contributed by atoms with Gasteiger partial charge in [0.25, 0.3) is 0 Å². The standard InChI is InChI=1S/C21H22F2N4O2S/c1-11-9-12(2)18(14(4)28)13(3)17(11)10-30-21-26-25-19(27(21)24)15-5-7-16(8-6-15)29-20(22)23/h5-9,20H,10,24H2,1-4H3. The van der Waals surface area contributed by atoms with Gasteiger partial charge in [0.2, 0.25) is 5.16 Å². The Hall–Kier alpha value is -2.94. The van der Waals surface area contributed by atoms with Crippen molar-refractivity contribution in [3.8, 4) is 17.1 Å². The number of aromatic nitrogens is 3. The van der Waals surface area contributed by atoms with Crippen molar-refractivity contribution in [2.24, 2.45) is 0 Å². The second-order valence-electron chi connectivity index (χ2n) is 6.91. The van der Waals surface area contributed by atoms with Crippen LogP contribution in [0.4, 0.5) is 8.78 Å². The predicted molar refractivity (Wildman–Crippen MR) is 112 cm³/mol. The van der Waals surface area contributed by atoms with Gasteiger partial charge in [0.1, 0.15) is 5.75 Å². The Bertz CT molecular complexity index is 1080. The van der Waals surface area contributed by atoms with Crippen LogP contribution in [0.1, 0.15) is 39.5 Å². The van der Waals surface area contributed by atoms with Crippen molar-refractivity contribution in [2.45, 2.75) is 45.2 Å². The molecule has 0 fully saturated rings. The van der Waals surface area contributed by atoms with E-state index in [-0.39, 0.29) is 11.5 Å². The zero-order chi connectivity index (χ0) is 22.0. The van der Waals surface area contributed by atoms with E-state index in [1.165, 1.54) is 28.6 Å². The summed E-state index contributed by atoms with van der Waals surface area (Å²) in [5, 5.41) is 8.76. The van der Waals surface area contributed by atoms with Crippen LogP contribution < -0.4 is 10.6 Å². The first kappa shape index (κ1) is 21.8. The van der Waals surface area contributed by atoms with Crippen LogP contribution in [0.5, 0.6) is 5.75 Å². The molecule has 3 aromatic rings. The number of ether oxygens (including phenoxy) is 1. The lowest BCUT2D eigenvalue weighted by Gasteiger charge is -2.15. The Morgan fingerprint density at radius 1 is 1.17 bits per heavy atom. The Labute approximate surface area is 177 Å². The molecule has 0 unspecified atom stereocenters. The van der Waals surface area contributed by atoms with Crippen molar-refractivity contribution < 1.29 is 18.3 Å². The maximum absolute atomic E-state index is 12.3. The summed E-state index contributed by atoms with van der Waals surface area (Å²) in [6.45, 7) is 4.60. The summed E-state index contributed by atoms with van der Waals surface area (Å²) in [6, 6.07) is 8.04. The first-order chi connectivity index (χ1) is 14.2. The van der Waals surface area contributed by atoms with E-state index in [1.54, 1.807) is 19.1 Å². The van der Waals surface area contributed by atoms with E-state index in [0.29, 0.717) is 22.3 Å². The molecule has 2 aromatic carbocycles. The number of thioether (sulfide) groups is 1. The van der Waals surface area contributed by atoms with Crippen LogP contribution in [0.3, 0.4) is 0 Å². The Kier molecular flexibility index (Phi) is 6.40. The van der Waals surface area contributed by atoms with Crippen molar-refractivity contribution in [1.82, 2.24) is 14.9 Å². The monoisotopic (exact) mass is 432 g/mol. The molecule has 9 heteroatoms. The van der Waals surface area contributed by atoms with Crippen LogP contribution in [-0.4, -0.2) is 27.3 Å². The number of aryl methyl sites for hydroxylation is 2. The van der Waals surface area contributed by atoms with Gasteiger partial charge in [-0.25, -0.2) is 4.68 Å². The molecule has 0 spiro atoms. The number of nitrogen functional groups attached to an aromatic ring is 1. The van der Waals surface area contributed by atoms with Crippen LogP contribution in [0.2, 0.25) is 0 Å². The number of rotatable bonds is 7. The van der Waals surface area contributed by atoms with Gasteiger partial charge in [-0.1, -0.05) is 17.8 Å². The maximum atomic E-state index is 12.3. The van der Waals surface area contributed by atoms with Crippen molar-refractivity contribution in [3.63, 3.8) is 0 Å². The first-order valence-electron chi connectivity index (χ1n) is 9.18. The summed E-state index contributed by atoms with van der Waals surface area (Å²) < 4.78 is 30.3. The van der Waals surface area contributed by atoms with Gasteiger partial charge in [-0.3, -0.25) is 4.79 Å². The Balaban J connectivity index is 1.81. The molecule has 1 aromatic heterocycles. The van der Waals surface area contributed by atoms with Gasteiger partial charge in [0, 0.05) is 16.9 Å². The van der Waals surface area contributed by atoms with Crippen molar-refractivity contribution >= 4 is 17.5 Å². The molecule has 0 aliphatic carbocycles. The number of hydrogen-bond acceptors (Lipinski definition) is 6. The number of hydrogen-bond donors (Lipinski definition) is 1. The van der Waals surface area contributed by atoms with Gasteiger partial charge in [-0.05, 0) is 74.2 Å². The number of benzene rings is 2. The molecule has 30 heavy (non-hydrogen) atoms. The van der Waals surface area contributed by atoms with Crippen molar-refractivity contribution in [2.75, 3.05) is 5.84 Å². The lowest BCUT2D eigenvalue weighted by Crippen LogP contribution is -2.12. The maximum Gasteiger partial charge on any atom is 0.387 e. The van der Waals surface area contributed by atoms with Gasteiger partial charge in [0.15, 0.2) is 11.6 Å².